The number of hydrogen-bond acceptors (Lipinski definition) is 3. The molecule has 0 aromatic heterocycles. The molecule has 0 heterocycles. The fourth-order valence-corrected chi connectivity index (χ4v) is 2.97. The summed E-state index contributed by atoms with van der Waals surface area (Å²) in [5.74, 6) is -0.214. The van der Waals surface area contributed by atoms with Crippen LogP contribution in [0.25, 0.3) is 0 Å². The molecule has 1 aromatic rings. The first-order valence-corrected chi connectivity index (χ1v) is 6.99. The van der Waals surface area contributed by atoms with Gasteiger partial charge in [-0.05, 0) is 42.0 Å². The van der Waals surface area contributed by atoms with E-state index in [9.17, 15) is 4.79 Å². The molecule has 1 atom stereocenters. The number of ether oxygens (including phenoxy) is 1. The van der Waals surface area contributed by atoms with Gasteiger partial charge in [-0.2, -0.15) is 0 Å². The van der Waals surface area contributed by atoms with E-state index in [1.54, 1.807) is 0 Å². The van der Waals surface area contributed by atoms with Crippen molar-refractivity contribution in [1.82, 2.24) is 5.32 Å². The molecule has 0 amide bonds. The van der Waals surface area contributed by atoms with Gasteiger partial charge in [0.25, 0.3) is 0 Å². The molecule has 1 aliphatic carbocycles. The Morgan fingerprint density at radius 2 is 2.26 bits per heavy atom. The van der Waals surface area contributed by atoms with Crippen molar-refractivity contribution >= 4 is 17.6 Å². The Kier molecular flexibility index (Phi) is 4.16. The van der Waals surface area contributed by atoms with E-state index in [4.69, 9.17) is 16.3 Å². The molecule has 1 aromatic carbocycles. The van der Waals surface area contributed by atoms with Crippen LogP contribution < -0.4 is 5.32 Å². The molecule has 0 radical (unpaired) electrons. The third-order valence-corrected chi connectivity index (χ3v) is 3.84. The number of nitrogens with one attached hydrogen (secondary N) is 1. The molecule has 0 bridgehead atoms. The number of fused-ring (bicyclic) bond motifs is 1. The molecular weight excluding hydrogens is 262 g/mol. The van der Waals surface area contributed by atoms with Gasteiger partial charge in [0.05, 0.1) is 13.2 Å². The highest BCUT2D eigenvalue weighted by molar-refractivity contribution is 6.30. The highest BCUT2D eigenvalue weighted by atomic mass is 35.5. The van der Waals surface area contributed by atoms with Crippen molar-refractivity contribution in [3.63, 3.8) is 0 Å². The van der Waals surface area contributed by atoms with Crippen molar-refractivity contribution in [2.75, 3.05) is 13.2 Å². The molecule has 0 spiro atoms. The Hall–Kier alpha value is -1.06. The summed E-state index contributed by atoms with van der Waals surface area (Å²) in [6, 6.07) is 6.12. The number of rotatable bonds is 4. The number of benzene rings is 1. The summed E-state index contributed by atoms with van der Waals surface area (Å²) in [7, 11) is 0. The maximum absolute atomic E-state index is 11.5. The SMILES string of the molecule is CCOC(=O)CNC1c2cc(Cl)ccc2CC1(C)C. The van der Waals surface area contributed by atoms with Crippen LogP contribution in [0.5, 0.6) is 0 Å². The zero-order valence-electron chi connectivity index (χ0n) is 11.6. The van der Waals surface area contributed by atoms with Crippen LogP contribution in [-0.2, 0) is 16.0 Å². The summed E-state index contributed by atoms with van der Waals surface area (Å²) in [5, 5.41) is 4.04. The summed E-state index contributed by atoms with van der Waals surface area (Å²) in [6.45, 7) is 6.85. The molecule has 0 saturated carbocycles. The second-order valence-corrected chi connectivity index (χ2v) is 6.06. The minimum absolute atomic E-state index is 0.0690. The van der Waals surface area contributed by atoms with Gasteiger partial charge in [0.1, 0.15) is 0 Å². The first kappa shape index (κ1) is 14.4. The lowest BCUT2D eigenvalue weighted by Gasteiger charge is -2.28. The molecule has 0 aliphatic heterocycles. The second-order valence-electron chi connectivity index (χ2n) is 5.63. The van der Waals surface area contributed by atoms with E-state index in [2.05, 4.69) is 25.2 Å². The molecule has 2 rings (SSSR count). The van der Waals surface area contributed by atoms with Crippen LogP contribution in [0, 0.1) is 5.41 Å². The quantitative estimate of drug-likeness (QED) is 0.862. The van der Waals surface area contributed by atoms with E-state index in [0.29, 0.717) is 6.61 Å². The van der Waals surface area contributed by atoms with Gasteiger partial charge < -0.3 is 4.74 Å². The van der Waals surface area contributed by atoms with Gasteiger partial charge in [-0.1, -0.05) is 31.5 Å². The van der Waals surface area contributed by atoms with Crippen LogP contribution in [0.4, 0.5) is 0 Å². The molecular formula is C15H20ClNO2. The van der Waals surface area contributed by atoms with Gasteiger partial charge in [-0.25, -0.2) is 0 Å². The van der Waals surface area contributed by atoms with E-state index in [0.717, 1.165) is 11.4 Å². The molecule has 0 fully saturated rings. The largest absolute Gasteiger partial charge is 0.465 e. The smallest absolute Gasteiger partial charge is 0.319 e. The van der Waals surface area contributed by atoms with Gasteiger partial charge in [0, 0.05) is 11.1 Å². The summed E-state index contributed by atoms with van der Waals surface area (Å²) < 4.78 is 4.95. The Balaban J connectivity index is 2.15. The highest BCUT2D eigenvalue weighted by Crippen LogP contribution is 2.45. The first-order valence-electron chi connectivity index (χ1n) is 6.61. The molecule has 3 nitrogen and oxygen atoms in total. The van der Waals surface area contributed by atoms with Crippen LogP contribution in [0.1, 0.15) is 37.9 Å². The lowest BCUT2D eigenvalue weighted by atomic mass is 9.85. The van der Waals surface area contributed by atoms with Gasteiger partial charge in [0.2, 0.25) is 0 Å². The summed E-state index contributed by atoms with van der Waals surface area (Å²) in [5.41, 5.74) is 2.57. The maximum atomic E-state index is 11.5. The number of carbonyl (C=O) groups is 1. The Morgan fingerprint density at radius 1 is 1.53 bits per heavy atom. The molecule has 0 saturated heterocycles. The van der Waals surface area contributed by atoms with Crippen molar-refractivity contribution in [3.05, 3.63) is 34.3 Å². The van der Waals surface area contributed by atoms with Crippen molar-refractivity contribution in [3.8, 4) is 0 Å². The van der Waals surface area contributed by atoms with E-state index in [-0.39, 0.29) is 24.0 Å². The van der Waals surface area contributed by atoms with Crippen LogP contribution in [0.2, 0.25) is 5.02 Å². The lowest BCUT2D eigenvalue weighted by Crippen LogP contribution is -2.35. The van der Waals surface area contributed by atoms with Gasteiger partial charge in [-0.15, -0.1) is 0 Å². The fraction of sp³-hybridized carbons (Fsp3) is 0.533. The average molecular weight is 282 g/mol. The van der Waals surface area contributed by atoms with Crippen LogP contribution >= 0.6 is 11.6 Å². The molecule has 19 heavy (non-hydrogen) atoms. The summed E-state index contributed by atoms with van der Waals surface area (Å²) in [4.78, 5) is 11.5. The highest BCUT2D eigenvalue weighted by Gasteiger charge is 2.38. The number of hydrogen-bond donors (Lipinski definition) is 1. The lowest BCUT2D eigenvalue weighted by molar-refractivity contribution is -0.142. The zero-order valence-corrected chi connectivity index (χ0v) is 12.4. The average Bonchev–Trinajstić information content (AvgIpc) is 2.57. The fourth-order valence-electron chi connectivity index (χ4n) is 2.79. The van der Waals surface area contributed by atoms with Crippen molar-refractivity contribution in [2.24, 2.45) is 5.41 Å². The predicted octanol–water partition coefficient (Wildman–Crippen LogP) is 3.12. The van der Waals surface area contributed by atoms with Crippen molar-refractivity contribution in [2.45, 2.75) is 33.2 Å². The van der Waals surface area contributed by atoms with E-state index < -0.39 is 0 Å². The normalized spacial score (nSPS) is 20.1. The summed E-state index contributed by atoms with van der Waals surface area (Å²) in [6.07, 6.45) is 0.986. The van der Waals surface area contributed by atoms with Crippen LogP contribution in [-0.4, -0.2) is 19.1 Å². The van der Waals surface area contributed by atoms with Crippen LogP contribution in [0.3, 0.4) is 0 Å². The van der Waals surface area contributed by atoms with E-state index in [1.165, 1.54) is 11.1 Å². The van der Waals surface area contributed by atoms with E-state index >= 15 is 0 Å². The van der Waals surface area contributed by atoms with Crippen LogP contribution in [0.15, 0.2) is 18.2 Å². The van der Waals surface area contributed by atoms with Gasteiger partial charge in [0.15, 0.2) is 0 Å². The van der Waals surface area contributed by atoms with Crippen molar-refractivity contribution < 1.29 is 9.53 Å². The minimum atomic E-state index is -0.214. The molecule has 4 heteroatoms. The zero-order chi connectivity index (χ0) is 14.0. The monoisotopic (exact) mass is 281 g/mol. The summed E-state index contributed by atoms with van der Waals surface area (Å²) >= 11 is 6.07. The predicted molar refractivity (Wildman–Crippen MR) is 76.3 cm³/mol. The van der Waals surface area contributed by atoms with Gasteiger partial charge in [-0.3, -0.25) is 10.1 Å². The molecule has 1 aliphatic rings. The Morgan fingerprint density at radius 3 is 2.95 bits per heavy atom. The van der Waals surface area contributed by atoms with Crippen molar-refractivity contribution in [1.29, 1.82) is 0 Å². The third kappa shape index (κ3) is 3.10. The number of carbonyl (C=O) groups excluding carboxylic acids is 1. The van der Waals surface area contributed by atoms with E-state index in [1.807, 2.05) is 19.1 Å². The standard InChI is InChI=1S/C15H20ClNO2/c1-4-19-13(18)9-17-14-12-7-11(16)6-5-10(12)8-15(14,2)3/h5-7,14,17H,4,8-9H2,1-3H3. The minimum Gasteiger partial charge on any atom is -0.465 e. The number of esters is 1. The third-order valence-electron chi connectivity index (χ3n) is 3.60. The molecule has 1 unspecified atom stereocenters. The molecule has 1 N–H and O–H groups in total. The second kappa shape index (κ2) is 5.51. The number of halogens is 1. The topological polar surface area (TPSA) is 38.3 Å². The Labute approximate surface area is 119 Å². The Bertz CT molecular complexity index is 485. The maximum Gasteiger partial charge on any atom is 0.319 e. The van der Waals surface area contributed by atoms with Gasteiger partial charge >= 0.3 is 5.97 Å². The molecule has 104 valence electrons. The first-order chi connectivity index (χ1) is 8.94.